The predicted molar refractivity (Wildman–Crippen MR) is 70.6 cm³/mol. The molecular weight excluding hydrogens is 240 g/mol. The molecule has 1 atom stereocenters. The summed E-state index contributed by atoms with van der Waals surface area (Å²) in [5.41, 5.74) is 7.97. The Balaban J connectivity index is 2.10. The van der Waals surface area contributed by atoms with Crippen molar-refractivity contribution >= 4 is 5.82 Å². The SMILES string of the molecule is N#Cc1c([C@H]2CCCO2)nn(-c2ccccc2)c1N. The van der Waals surface area contributed by atoms with E-state index in [4.69, 9.17) is 10.5 Å². The number of benzene rings is 1. The first kappa shape index (κ1) is 11.8. The van der Waals surface area contributed by atoms with Crippen molar-refractivity contribution in [2.24, 2.45) is 0 Å². The van der Waals surface area contributed by atoms with Crippen molar-refractivity contribution in [2.75, 3.05) is 12.3 Å². The number of hydrogen-bond acceptors (Lipinski definition) is 4. The molecule has 0 radical (unpaired) electrons. The van der Waals surface area contributed by atoms with Gasteiger partial charge in [-0.15, -0.1) is 0 Å². The van der Waals surface area contributed by atoms with Crippen LogP contribution < -0.4 is 5.73 Å². The van der Waals surface area contributed by atoms with E-state index in [2.05, 4.69) is 11.2 Å². The van der Waals surface area contributed by atoms with Crippen LogP contribution in [0.4, 0.5) is 5.82 Å². The number of aromatic nitrogens is 2. The Bertz CT molecular complexity index is 621. The molecule has 0 amide bonds. The van der Waals surface area contributed by atoms with Crippen LogP contribution >= 0.6 is 0 Å². The van der Waals surface area contributed by atoms with E-state index in [1.807, 2.05) is 30.3 Å². The first-order valence-corrected chi connectivity index (χ1v) is 6.27. The van der Waals surface area contributed by atoms with E-state index >= 15 is 0 Å². The third kappa shape index (κ3) is 1.96. The van der Waals surface area contributed by atoms with E-state index < -0.39 is 0 Å². The smallest absolute Gasteiger partial charge is 0.145 e. The van der Waals surface area contributed by atoms with Crippen LogP contribution in [0.25, 0.3) is 5.69 Å². The molecule has 0 bridgehead atoms. The predicted octanol–water partition coefficient (Wildman–Crippen LogP) is 2.18. The minimum atomic E-state index is -0.109. The molecule has 1 fully saturated rings. The van der Waals surface area contributed by atoms with E-state index in [-0.39, 0.29) is 6.10 Å². The summed E-state index contributed by atoms with van der Waals surface area (Å²) in [6.07, 6.45) is 1.77. The summed E-state index contributed by atoms with van der Waals surface area (Å²) >= 11 is 0. The number of ether oxygens (including phenoxy) is 1. The highest BCUT2D eigenvalue weighted by Gasteiger charge is 2.27. The highest BCUT2D eigenvalue weighted by atomic mass is 16.5. The average molecular weight is 254 g/mol. The quantitative estimate of drug-likeness (QED) is 0.891. The Kier molecular flexibility index (Phi) is 2.94. The molecule has 1 saturated heterocycles. The van der Waals surface area contributed by atoms with Crippen molar-refractivity contribution in [3.63, 3.8) is 0 Å². The first-order valence-electron chi connectivity index (χ1n) is 6.27. The van der Waals surface area contributed by atoms with E-state index in [0.717, 1.165) is 18.5 Å². The summed E-state index contributed by atoms with van der Waals surface area (Å²) in [5.74, 6) is 0.374. The summed E-state index contributed by atoms with van der Waals surface area (Å²) in [4.78, 5) is 0. The molecule has 5 nitrogen and oxygen atoms in total. The number of nitrogens with zero attached hydrogens (tertiary/aromatic N) is 3. The second-order valence-corrected chi connectivity index (χ2v) is 4.51. The molecule has 96 valence electrons. The number of hydrogen-bond donors (Lipinski definition) is 1. The largest absolute Gasteiger partial charge is 0.382 e. The molecule has 19 heavy (non-hydrogen) atoms. The van der Waals surface area contributed by atoms with Gasteiger partial charge in [0.05, 0.1) is 5.69 Å². The fraction of sp³-hybridized carbons (Fsp3) is 0.286. The van der Waals surface area contributed by atoms with Gasteiger partial charge in [-0.2, -0.15) is 10.4 Å². The zero-order valence-electron chi connectivity index (χ0n) is 10.4. The van der Waals surface area contributed by atoms with E-state index in [9.17, 15) is 5.26 Å². The zero-order chi connectivity index (χ0) is 13.2. The van der Waals surface area contributed by atoms with Gasteiger partial charge in [0.1, 0.15) is 29.2 Å². The van der Waals surface area contributed by atoms with Gasteiger partial charge in [-0.3, -0.25) is 0 Å². The van der Waals surface area contributed by atoms with Gasteiger partial charge in [0.2, 0.25) is 0 Å². The topological polar surface area (TPSA) is 76.9 Å². The van der Waals surface area contributed by atoms with Gasteiger partial charge in [0.25, 0.3) is 0 Å². The Labute approximate surface area is 111 Å². The van der Waals surface area contributed by atoms with Crippen LogP contribution in [-0.2, 0) is 4.74 Å². The molecular formula is C14H14N4O. The van der Waals surface area contributed by atoms with Crippen molar-refractivity contribution in [3.05, 3.63) is 41.6 Å². The molecule has 3 rings (SSSR count). The number of para-hydroxylation sites is 1. The zero-order valence-corrected chi connectivity index (χ0v) is 10.4. The van der Waals surface area contributed by atoms with Gasteiger partial charge in [0, 0.05) is 6.61 Å². The van der Waals surface area contributed by atoms with E-state index in [0.29, 0.717) is 23.7 Å². The molecule has 2 heterocycles. The number of rotatable bonds is 2. The molecule has 0 aliphatic carbocycles. The lowest BCUT2D eigenvalue weighted by Crippen LogP contribution is -2.02. The normalized spacial score (nSPS) is 18.4. The number of anilines is 1. The summed E-state index contributed by atoms with van der Waals surface area (Å²) in [5, 5.41) is 13.8. The third-order valence-electron chi connectivity index (χ3n) is 3.30. The fourth-order valence-corrected chi connectivity index (χ4v) is 2.35. The molecule has 2 aromatic rings. The minimum Gasteiger partial charge on any atom is -0.382 e. The maximum atomic E-state index is 9.28. The van der Waals surface area contributed by atoms with Crippen molar-refractivity contribution in [1.29, 1.82) is 5.26 Å². The maximum Gasteiger partial charge on any atom is 0.145 e. The summed E-state index contributed by atoms with van der Waals surface area (Å²) < 4.78 is 7.21. The Morgan fingerprint density at radius 1 is 1.37 bits per heavy atom. The molecule has 2 N–H and O–H groups in total. The lowest BCUT2D eigenvalue weighted by atomic mass is 10.1. The first-order chi connectivity index (χ1) is 9.31. The highest BCUT2D eigenvalue weighted by molar-refractivity contribution is 5.56. The molecule has 1 aromatic carbocycles. The third-order valence-corrected chi connectivity index (χ3v) is 3.30. The van der Waals surface area contributed by atoms with Crippen LogP contribution in [0.1, 0.15) is 30.2 Å². The average Bonchev–Trinajstić information content (AvgIpc) is 3.07. The lowest BCUT2D eigenvalue weighted by Gasteiger charge is -2.05. The molecule has 0 unspecified atom stereocenters. The van der Waals surface area contributed by atoms with Crippen LogP contribution in [0.3, 0.4) is 0 Å². The van der Waals surface area contributed by atoms with Crippen LogP contribution in [0.15, 0.2) is 30.3 Å². The molecule has 0 spiro atoms. The monoisotopic (exact) mass is 254 g/mol. The molecule has 5 heteroatoms. The standard InChI is InChI=1S/C14H14N4O/c15-9-11-13(12-7-4-8-19-12)17-18(14(11)16)10-5-2-1-3-6-10/h1-3,5-6,12H,4,7-8,16H2/t12-/m1/s1. The minimum absolute atomic E-state index is 0.109. The van der Waals surface area contributed by atoms with Crippen molar-refractivity contribution < 1.29 is 4.74 Å². The summed E-state index contributed by atoms with van der Waals surface area (Å²) in [6, 6.07) is 11.7. The number of nitrogen functional groups attached to an aromatic ring is 1. The Morgan fingerprint density at radius 3 is 2.79 bits per heavy atom. The van der Waals surface area contributed by atoms with Gasteiger partial charge in [0.15, 0.2) is 0 Å². The molecule has 1 aliphatic rings. The van der Waals surface area contributed by atoms with Crippen LogP contribution in [0, 0.1) is 11.3 Å². The van der Waals surface area contributed by atoms with E-state index in [1.54, 1.807) is 4.68 Å². The number of nitrogens with two attached hydrogens (primary N) is 1. The molecule has 0 saturated carbocycles. The van der Waals surface area contributed by atoms with Crippen LogP contribution in [0.5, 0.6) is 0 Å². The highest BCUT2D eigenvalue weighted by Crippen LogP contribution is 2.32. The molecule has 1 aliphatic heterocycles. The van der Waals surface area contributed by atoms with Crippen molar-refractivity contribution in [2.45, 2.75) is 18.9 Å². The van der Waals surface area contributed by atoms with Gasteiger partial charge >= 0.3 is 0 Å². The fourth-order valence-electron chi connectivity index (χ4n) is 2.35. The van der Waals surface area contributed by atoms with Crippen LogP contribution in [-0.4, -0.2) is 16.4 Å². The van der Waals surface area contributed by atoms with Crippen molar-refractivity contribution in [3.8, 4) is 11.8 Å². The van der Waals surface area contributed by atoms with Gasteiger partial charge in [-0.1, -0.05) is 18.2 Å². The lowest BCUT2D eigenvalue weighted by molar-refractivity contribution is 0.108. The Morgan fingerprint density at radius 2 is 2.16 bits per heavy atom. The number of nitriles is 1. The molecule has 1 aromatic heterocycles. The summed E-state index contributed by atoms with van der Waals surface area (Å²) in [6.45, 7) is 0.716. The second-order valence-electron chi connectivity index (χ2n) is 4.51. The van der Waals surface area contributed by atoms with Crippen molar-refractivity contribution in [1.82, 2.24) is 9.78 Å². The summed E-state index contributed by atoms with van der Waals surface area (Å²) in [7, 11) is 0. The second kappa shape index (κ2) is 4.75. The maximum absolute atomic E-state index is 9.28. The van der Waals surface area contributed by atoms with Gasteiger partial charge in [-0.25, -0.2) is 4.68 Å². The van der Waals surface area contributed by atoms with E-state index in [1.165, 1.54) is 0 Å². The van der Waals surface area contributed by atoms with Gasteiger partial charge in [-0.05, 0) is 25.0 Å². The van der Waals surface area contributed by atoms with Gasteiger partial charge < -0.3 is 10.5 Å². The van der Waals surface area contributed by atoms with Crippen LogP contribution in [0.2, 0.25) is 0 Å². The Hall–Kier alpha value is -2.32.